The number of hydrogen-bond acceptors (Lipinski definition) is 2. The van der Waals surface area contributed by atoms with Gasteiger partial charge in [0.05, 0.1) is 0 Å². The van der Waals surface area contributed by atoms with Crippen LogP contribution in [-0.2, 0) is 0 Å². The van der Waals surface area contributed by atoms with Crippen molar-refractivity contribution in [3.63, 3.8) is 0 Å². The first-order valence-corrected chi connectivity index (χ1v) is 8.45. The lowest BCUT2D eigenvalue weighted by molar-refractivity contribution is 0.112. The van der Waals surface area contributed by atoms with Crippen LogP contribution in [-0.4, -0.2) is 58.4 Å². The SMILES string of the molecule is C#CCCN(CCC(C)CC(C)(C)CN(CCC#C)C(=O)O)C(=O)O. The fourth-order valence-electron chi connectivity index (χ4n) is 2.95. The van der Waals surface area contributed by atoms with E-state index in [4.69, 9.17) is 12.8 Å². The van der Waals surface area contributed by atoms with E-state index in [1.54, 1.807) is 0 Å². The Morgan fingerprint density at radius 3 is 1.92 bits per heavy atom. The van der Waals surface area contributed by atoms with Gasteiger partial charge in [0, 0.05) is 39.0 Å². The zero-order chi connectivity index (χ0) is 19.5. The summed E-state index contributed by atoms with van der Waals surface area (Å²) < 4.78 is 0. The molecule has 0 saturated carbocycles. The Morgan fingerprint density at radius 2 is 1.48 bits per heavy atom. The smallest absolute Gasteiger partial charge is 0.407 e. The van der Waals surface area contributed by atoms with Gasteiger partial charge >= 0.3 is 12.2 Å². The highest BCUT2D eigenvalue weighted by atomic mass is 16.4. The molecule has 0 aliphatic carbocycles. The third kappa shape index (κ3) is 10.2. The molecule has 0 aliphatic rings. The molecule has 0 radical (unpaired) electrons. The van der Waals surface area contributed by atoms with Crippen molar-refractivity contribution in [1.29, 1.82) is 0 Å². The number of rotatable bonds is 11. The molecule has 2 amide bonds. The van der Waals surface area contributed by atoms with E-state index in [1.165, 1.54) is 9.80 Å². The van der Waals surface area contributed by atoms with Crippen LogP contribution < -0.4 is 0 Å². The summed E-state index contributed by atoms with van der Waals surface area (Å²) in [7, 11) is 0. The molecular formula is C19H30N2O4. The zero-order valence-corrected chi connectivity index (χ0v) is 15.5. The predicted octanol–water partition coefficient (Wildman–Crippen LogP) is 3.44. The fourth-order valence-corrected chi connectivity index (χ4v) is 2.95. The van der Waals surface area contributed by atoms with E-state index in [2.05, 4.69) is 18.8 Å². The van der Waals surface area contributed by atoms with Crippen LogP contribution in [0, 0.1) is 36.0 Å². The normalized spacial score (nSPS) is 11.9. The molecule has 2 N–H and O–H groups in total. The summed E-state index contributed by atoms with van der Waals surface area (Å²) in [5.74, 6) is 5.16. The molecule has 0 aromatic carbocycles. The molecule has 0 fully saturated rings. The average Bonchev–Trinajstić information content (AvgIpc) is 2.50. The van der Waals surface area contributed by atoms with Gasteiger partial charge in [0.15, 0.2) is 0 Å². The largest absolute Gasteiger partial charge is 0.465 e. The number of carbonyl (C=O) groups is 2. The molecule has 1 atom stereocenters. The van der Waals surface area contributed by atoms with Gasteiger partial charge in [0.2, 0.25) is 0 Å². The van der Waals surface area contributed by atoms with Crippen LogP contribution in [0.25, 0.3) is 0 Å². The highest BCUT2D eigenvalue weighted by Crippen LogP contribution is 2.28. The third-order valence-electron chi connectivity index (χ3n) is 4.00. The molecule has 25 heavy (non-hydrogen) atoms. The van der Waals surface area contributed by atoms with Crippen LogP contribution in [0.1, 0.15) is 46.5 Å². The Hall–Kier alpha value is -2.34. The van der Waals surface area contributed by atoms with Crippen LogP contribution in [0.3, 0.4) is 0 Å². The highest BCUT2D eigenvalue weighted by molar-refractivity contribution is 5.65. The number of terminal acetylenes is 2. The first-order chi connectivity index (χ1) is 11.6. The minimum Gasteiger partial charge on any atom is -0.465 e. The predicted molar refractivity (Wildman–Crippen MR) is 98.3 cm³/mol. The van der Waals surface area contributed by atoms with E-state index in [0.29, 0.717) is 45.4 Å². The number of carboxylic acid groups (broad SMARTS) is 2. The molecule has 140 valence electrons. The molecule has 0 aromatic rings. The van der Waals surface area contributed by atoms with Crippen molar-refractivity contribution in [3.05, 3.63) is 0 Å². The van der Waals surface area contributed by atoms with Crippen LogP contribution >= 0.6 is 0 Å². The van der Waals surface area contributed by atoms with Gasteiger partial charge in [-0.25, -0.2) is 9.59 Å². The minimum absolute atomic E-state index is 0.223. The minimum atomic E-state index is -0.970. The molecule has 0 spiro atoms. The third-order valence-corrected chi connectivity index (χ3v) is 4.00. The van der Waals surface area contributed by atoms with Crippen molar-refractivity contribution in [3.8, 4) is 24.7 Å². The summed E-state index contributed by atoms with van der Waals surface area (Å²) in [5, 5.41) is 18.5. The lowest BCUT2D eigenvalue weighted by atomic mass is 9.81. The van der Waals surface area contributed by atoms with Gasteiger partial charge in [-0.3, -0.25) is 0 Å². The van der Waals surface area contributed by atoms with Gasteiger partial charge in [-0.1, -0.05) is 20.8 Å². The van der Waals surface area contributed by atoms with E-state index < -0.39 is 12.2 Å². The second-order valence-corrected chi connectivity index (χ2v) is 7.14. The van der Waals surface area contributed by atoms with E-state index in [-0.39, 0.29) is 11.3 Å². The Labute approximate surface area is 151 Å². The Balaban J connectivity index is 4.56. The second kappa shape index (κ2) is 11.3. The molecule has 0 aliphatic heterocycles. The number of amides is 2. The molecular weight excluding hydrogens is 320 g/mol. The molecule has 6 nitrogen and oxygen atoms in total. The van der Waals surface area contributed by atoms with Crippen LogP contribution in [0.2, 0.25) is 0 Å². The summed E-state index contributed by atoms with van der Waals surface area (Å²) in [6, 6.07) is 0. The van der Waals surface area contributed by atoms with Crippen LogP contribution in [0.5, 0.6) is 0 Å². The van der Waals surface area contributed by atoms with Crippen molar-refractivity contribution in [2.45, 2.75) is 46.5 Å². The first kappa shape index (κ1) is 22.7. The van der Waals surface area contributed by atoms with Crippen LogP contribution in [0.15, 0.2) is 0 Å². The first-order valence-electron chi connectivity index (χ1n) is 8.45. The monoisotopic (exact) mass is 350 g/mol. The molecule has 0 saturated heterocycles. The molecule has 1 unspecified atom stereocenters. The van der Waals surface area contributed by atoms with Gasteiger partial charge < -0.3 is 20.0 Å². The van der Waals surface area contributed by atoms with Crippen molar-refractivity contribution < 1.29 is 19.8 Å². The number of hydrogen-bond donors (Lipinski definition) is 2. The number of nitrogens with zero attached hydrogens (tertiary/aromatic N) is 2. The van der Waals surface area contributed by atoms with Gasteiger partial charge in [0.1, 0.15) is 0 Å². The van der Waals surface area contributed by atoms with E-state index in [0.717, 1.165) is 6.42 Å². The quantitative estimate of drug-likeness (QED) is 0.559. The van der Waals surface area contributed by atoms with Gasteiger partial charge in [-0.2, -0.15) is 0 Å². The van der Waals surface area contributed by atoms with Crippen molar-refractivity contribution >= 4 is 12.2 Å². The summed E-state index contributed by atoms with van der Waals surface area (Å²) in [6.45, 7) is 7.56. The summed E-state index contributed by atoms with van der Waals surface area (Å²) in [6.07, 6.45) is 10.7. The van der Waals surface area contributed by atoms with E-state index >= 15 is 0 Å². The molecule has 0 rings (SSSR count). The van der Waals surface area contributed by atoms with Gasteiger partial charge in [-0.15, -0.1) is 24.7 Å². The van der Waals surface area contributed by atoms with Crippen molar-refractivity contribution in [1.82, 2.24) is 9.80 Å². The summed E-state index contributed by atoms with van der Waals surface area (Å²) >= 11 is 0. The van der Waals surface area contributed by atoms with Gasteiger partial charge in [-0.05, 0) is 24.2 Å². The molecule has 6 heteroatoms. The van der Waals surface area contributed by atoms with Crippen molar-refractivity contribution in [2.75, 3.05) is 26.2 Å². The van der Waals surface area contributed by atoms with Crippen LogP contribution in [0.4, 0.5) is 9.59 Å². The topological polar surface area (TPSA) is 81.1 Å². The summed E-state index contributed by atoms with van der Waals surface area (Å²) in [5.41, 5.74) is -0.223. The maximum absolute atomic E-state index is 11.3. The standard InChI is InChI=1S/C19H30N2O4/c1-6-8-11-20(17(22)23)13-10-16(3)14-19(4,5)15-21(18(24)25)12-9-7-2/h1-2,16H,8-15H2,3-5H3,(H,22,23)(H,24,25). The summed E-state index contributed by atoms with van der Waals surface area (Å²) in [4.78, 5) is 25.2. The Bertz CT molecular complexity index is 516. The van der Waals surface area contributed by atoms with E-state index in [1.807, 2.05) is 13.8 Å². The maximum Gasteiger partial charge on any atom is 0.407 e. The van der Waals surface area contributed by atoms with Gasteiger partial charge in [0.25, 0.3) is 0 Å². The lowest BCUT2D eigenvalue weighted by Gasteiger charge is -2.33. The average molecular weight is 350 g/mol. The zero-order valence-electron chi connectivity index (χ0n) is 15.5. The fraction of sp³-hybridized carbons (Fsp3) is 0.684. The highest BCUT2D eigenvalue weighted by Gasteiger charge is 2.26. The van der Waals surface area contributed by atoms with E-state index in [9.17, 15) is 19.8 Å². The lowest BCUT2D eigenvalue weighted by Crippen LogP contribution is -2.39. The molecule has 0 aromatic heterocycles. The Kier molecular flexibility index (Phi) is 10.2. The maximum atomic E-state index is 11.3. The van der Waals surface area contributed by atoms with Crippen molar-refractivity contribution in [2.24, 2.45) is 11.3 Å². The molecule has 0 heterocycles. The Morgan fingerprint density at radius 1 is 1.00 bits per heavy atom. The second-order valence-electron chi connectivity index (χ2n) is 7.14. The molecule has 0 bridgehead atoms.